The lowest BCUT2D eigenvalue weighted by molar-refractivity contribution is 0.338. The molecule has 0 spiro atoms. The van der Waals surface area contributed by atoms with Gasteiger partial charge in [0.15, 0.2) is 0 Å². The normalized spacial score (nSPS) is 11.9. The summed E-state index contributed by atoms with van der Waals surface area (Å²) in [5.41, 5.74) is 6.81. The largest absolute Gasteiger partial charge is 0.494 e. The van der Waals surface area contributed by atoms with Crippen LogP contribution in [-0.2, 0) is 0 Å². The Morgan fingerprint density at radius 3 is 2.55 bits per heavy atom. The Bertz CT molecular complexity index is 540. The molecule has 1 unspecified atom stereocenters. The van der Waals surface area contributed by atoms with Gasteiger partial charge >= 0.3 is 0 Å². The summed E-state index contributed by atoms with van der Waals surface area (Å²) < 4.78 is 11.2. The van der Waals surface area contributed by atoms with Gasteiger partial charge in [0, 0.05) is 12.1 Å². The van der Waals surface area contributed by atoms with Crippen LogP contribution in [-0.4, -0.2) is 11.6 Å². The molecule has 2 N–H and O–H groups in total. The molecule has 0 radical (unpaired) electrons. The zero-order valence-corrected chi connectivity index (χ0v) is 11.9. The van der Waals surface area contributed by atoms with Gasteiger partial charge in [-0.2, -0.15) is 0 Å². The van der Waals surface area contributed by atoms with Gasteiger partial charge in [-0.25, -0.2) is 0 Å². The smallest absolute Gasteiger partial charge is 0.145 e. The van der Waals surface area contributed by atoms with Crippen LogP contribution in [0.3, 0.4) is 0 Å². The number of rotatable bonds is 6. The number of benzene rings is 1. The number of aromatic nitrogens is 1. The van der Waals surface area contributed by atoms with Crippen molar-refractivity contribution in [3.8, 4) is 17.2 Å². The highest BCUT2D eigenvalue weighted by molar-refractivity contribution is 5.36. The van der Waals surface area contributed by atoms with E-state index >= 15 is 0 Å². The van der Waals surface area contributed by atoms with Crippen molar-refractivity contribution in [2.24, 2.45) is 5.73 Å². The fourth-order valence-electron chi connectivity index (χ4n) is 1.81. The van der Waals surface area contributed by atoms with E-state index in [0.29, 0.717) is 12.4 Å². The Morgan fingerprint density at radius 1 is 1.10 bits per heavy atom. The average molecular weight is 272 g/mol. The summed E-state index contributed by atoms with van der Waals surface area (Å²) in [6.07, 6.45) is 2.56. The molecule has 0 bridgehead atoms. The second kappa shape index (κ2) is 6.91. The first-order valence-electron chi connectivity index (χ1n) is 6.85. The Balaban J connectivity index is 2.08. The minimum absolute atomic E-state index is 0.0228. The Kier molecular flexibility index (Phi) is 4.96. The van der Waals surface area contributed by atoms with Gasteiger partial charge in [-0.1, -0.05) is 13.0 Å². The molecule has 0 saturated carbocycles. The van der Waals surface area contributed by atoms with E-state index in [1.54, 1.807) is 6.20 Å². The van der Waals surface area contributed by atoms with Crippen LogP contribution >= 0.6 is 0 Å². The maximum absolute atomic E-state index is 5.93. The van der Waals surface area contributed by atoms with Crippen molar-refractivity contribution in [2.45, 2.75) is 26.3 Å². The minimum Gasteiger partial charge on any atom is -0.494 e. The highest BCUT2D eigenvalue weighted by Crippen LogP contribution is 2.25. The summed E-state index contributed by atoms with van der Waals surface area (Å²) in [6.45, 7) is 4.62. The number of hydrogen-bond acceptors (Lipinski definition) is 4. The van der Waals surface area contributed by atoms with Gasteiger partial charge in [-0.05, 0) is 37.6 Å². The molecule has 1 atom stereocenters. The zero-order chi connectivity index (χ0) is 14.4. The third-order valence-corrected chi connectivity index (χ3v) is 2.93. The van der Waals surface area contributed by atoms with Crippen molar-refractivity contribution in [2.75, 3.05) is 6.61 Å². The molecule has 106 valence electrons. The second-order valence-electron chi connectivity index (χ2n) is 4.44. The van der Waals surface area contributed by atoms with Crippen molar-refractivity contribution < 1.29 is 9.47 Å². The van der Waals surface area contributed by atoms with Crippen molar-refractivity contribution in [1.82, 2.24) is 4.98 Å². The monoisotopic (exact) mass is 272 g/mol. The van der Waals surface area contributed by atoms with E-state index in [2.05, 4.69) is 4.98 Å². The van der Waals surface area contributed by atoms with E-state index in [1.807, 2.05) is 50.2 Å². The summed E-state index contributed by atoms with van der Waals surface area (Å²) in [4.78, 5) is 4.32. The molecule has 0 aliphatic carbocycles. The summed E-state index contributed by atoms with van der Waals surface area (Å²) in [5.74, 6) is 2.21. The molecule has 1 aromatic heterocycles. The topological polar surface area (TPSA) is 57.4 Å². The van der Waals surface area contributed by atoms with Crippen LogP contribution in [0.4, 0.5) is 0 Å². The first kappa shape index (κ1) is 14.3. The van der Waals surface area contributed by atoms with Crippen LogP contribution in [0.25, 0.3) is 0 Å². The quantitative estimate of drug-likeness (QED) is 0.871. The zero-order valence-electron chi connectivity index (χ0n) is 11.9. The van der Waals surface area contributed by atoms with E-state index < -0.39 is 0 Å². The molecule has 0 fully saturated rings. The fourth-order valence-corrected chi connectivity index (χ4v) is 1.81. The predicted molar refractivity (Wildman–Crippen MR) is 79.1 cm³/mol. The molecule has 1 aromatic carbocycles. The molecule has 0 amide bonds. The molecular weight excluding hydrogens is 252 g/mol. The lowest BCUT2D eigenvalue weighted by Gasteiger charge is -2.10. The predicted octanol–water partition coefficient (Wildman–Crippen LogP) is 3.68. The number of nitrogens with zero attached hydrogens (tertiary/aromatic N) is 1. The molecule has 4 nitrogen and oxygen atoms in total. The van der Waals surface area contributed by atoms with Crippen LogP contribution in [0.15, 0.2) is 42.6 Å². The molecule has 2 aromatic rings. The van der Waals surface area contributed by atoms with Gasteiger partial charge in [0.25, 0.3) is 0 Å². The highest BCUT2D eigenvalue weighted by atomic mass is 16.5. The third-order valence-electron chi connectivity index (χ3n) is 2.93. The van der Waals surface area contributed by atoms with Crippen LogP contribution in [0.2, 0.25) is 0 Å². The summed E-state index contributed by atoms with van der Waals surface area (Å²) in [6, 6.07) is 11.3. The summed E-state index contributed by atoms with van der Waals surface area (Å²) in [5, 5.41) is 0. The van der Waals surface area contributed by atoms with Gasteiger partial charge < -0.3 is 15.2 Å². The molecule has 20 heavy (non-hydrogen) atoms. The lowest BCUT2D eigenvalue weighted by atomic mass is 10.1. The summed E-state index contributed by atoms with van der Waals surface area (Å²) >= 11 is 0. The Morgan fingerprint density at radius 2 is 1.90 bits per heavy atom. The maximum atomic E-state index is 5.93. The number of ether oxygens (including phenoxy) is 2. The van der Waals surface area contributed by atoms with Crippen molar-refractivity contribution >= 4 is 0 Å². The van der Waals surface area contributed by atoms with Gasteiger partial charge in [0.1, 0.15) is 17.2 Å². The number of pyridine rings is 1. The van der Waals surface area contributed by atoms with Crippen molar-refractivity contribution in [1.29, 1.82) is 0 Å². The molecule has 2 rings (SSSR count). The van der Waals surface area contributed by atoms with E-state index in [9.17, 15) is 0 Å². The van der Waals surface area contributed by atoms with Crippen molar-refractivity contribution in [3.05, 3.63) is 48.3 Å². The highest BCUT2D eigenvalue weighted by Gasteiger charge is 2.05. The van der Waals surface area contributed by atoms with Crippen LogP contribution in [0.1, 0.15) is 32.0 Å². The van der Waals surface area contributed by atoms with Crippen molar-refractivity contribution in [3.63, 3.8) is 0 Å². The fraction of sp³-hybridized carbons (Fsp3) is 0.312. The third kappa shape index (κ3) is 3.71. The van der Waals surface area contributed by atoms with Gasteiger partial charge in [0.2, 0.25) is 0 Å². The molecular formula is C16H20N2O2. The summed E-state index contributed by atoms with van der Waals surface area (Å²) in [7, 11) is 0. The first-order chi connectivity index (χ1) is 9.72. The maximum Gasteiger partial charge on any atom is 0.145 e. The lowest BCUT2D eigenvalue weighted by Crippen LogP contribution is -2.10. The van der Waals surface area contributed by atoms with E-state index in [1.165, 1.54) is 0 Å². The van der Waals surface area contributed by atoms with Gasteiger partial charge in [0.05, 0.1) is 18.5 Å². The molecule has 4 heteroatoms. The molecule has 0 aliphatic rings. The molecule has 0 aliphatic heterocycles. The Labute approximate surface area is 119 Å². The van der Waals surface area contributed by atoms with Gasteiger partial charge in [-0.15, -0.1) is 0 Å². The van der Waals surface area contributed by atoms with Gasteiger partial charge in [-0.3, -0.25) is 4.98 Å². The first-order valence-corrected chi connectivity index (χ1v) is 6.85. The molecule has 0 saturated heterocycles. The Hall–Kier alpha value is -2.07. The van der Waals surface area contributed by atoms with E-state index in [-0.39, 0.29) is 6.04 Å². The number of hydrogen-bond donors (Lipinski definition) is 1. The second-order valence-corrected chi connectivity index (χ2v) is 4.44. The number of nitrogens with two attached hydrogens (primary N) is 1. The minimum atomic E-state index is -0.0228. The van der Waals surface area contributed by atoms with E-state index in [4.69, 9.17) is 15.2 Å². The van der Waals surface area contributed by atoms with Crippen LogP contribution < -0.4 is 15.2 Å². The average Bonchev–Trinajstić information content (AvgIpc) is 2.48. The van der Waals surface area contributed by atoms with Crippen LogP contribution in [0, 0.1) is 0 Å². The van der Waals surface area contributed by atoms with E-state index in [0.717, 1.165) is 23.6 Å². The van der Waals surface area contributed by atoms with Crippen LogP contribution in [0.5, 0.6) is 17.2 Å². The SMILES string of the molecule is CCOc1cccc(Oc2ccc(C(N)CC)nc2)c1. The molecule has 1 heterocycles. The standard InChI is InChI=1S/C16H20N2O2/c1-3-15(17)16-9-8-14(11-18-16)20-13-7-5-6-12(10-13)19-4-2/h5-11,15H,3-4,17H2,1-2H3.